The number of hydrogen-bond acceptors (Lipinski definition) is 4. The molecular formula is C38H46N4O. The van der Waals surface area contributed by atoms with Crippen LogP contribution in [0.3, 0.4) is 0 Å². The number of aromatic nitrogens is 1. The maximum Gasteiger partial charge on any atom is 0.254 e. The molecule has 0 bridgehead atoms. The van der Waals surface area contributed by atoms with E-state index in [0.29, 0.717) is 6.54 Å². The lowest BCUT2D eigenvalue weighted by molar-refractivity contribution is 0.0542. The Morgan fingerprint density at radius 1 is 0.791 bits per heavy atom. The second kappa shape index (κ2) is 15.5. The van der Waals surface area contributed by atoms with E-state index >= 15 is 0 Å². The van der Waals surface area contributed by atoms with Gasteiger partial charge in [0.2, 0.25) is 0 Å². The first-order valence-electron chi connectivity index (χ1n) is 15.9. The molecular weight excluding hydrogens is 528 g/mol. The van der Waals surface area contributed by atoms with Gasteiger partial charge in [-0.3, -0.25) is 14.7 Å². The van der Waals surface area contributed by atoms with Gasteiger partial charge in [-0.15, -0.1) is 0 Å². The Balaban J connectivity index is 1.28. The number of unbranched alkanes of at least 4 members (excludes halogenated alkanes) is 2. The summed E-state index contributed by atoms with van der Waals surface area (Å²) in [5, 5.41) is 0. The number of carbonyl (C=O) groups is 1. The van der Waals surface area contributed by atoms with E-state index in [4.69, 9.17) is 0 Å². The molecule has 3 aromatic carbocycles. The SMILES string of the molecule is CCCCCc1ccc(C(=O)N(Cc2ccc(N(C)Cc3ccccc3)cc2)C2CCN(Cc3cccnc3)CC2)cc1. The fraction of sp³-hybridized carbons (Fsp3) is 0.368. The number of anilines is 1. The third kappa shape index (κ3) is 8.77. The van der Waals surface area contributed by atoms with Crippen molar-refractivity contribution in [2.45, 2.75) is 71.1 Å². The number of benzene rings is 3. The van der Waals surface area contributed by atoms with E-state index in [1.165, 1.54) is 47.2 Å². The van der Waals surface area contributed by atoms with Crippen molar-refractivity contribution in [3.63, 3.8) is 0 Å². The van der Waals surface area contributed by atoms with E-state index in [0.717, 1.165) is 51.0 Å². The summed E-state index contributed by atoms with van der Waals surface area (Å²) in [6, 6.07) is 32.0. The van der Waals surface area contributed by atoms with Crippen LogP contribution in [0.4, 0.5) is 5.69 Å². The fourth-order valence-corrected chi connectivity index (χ4v) is 6.07. The van der Waals surface area contributed by atoms with Crippen molar-refractivity contribution in [1.29, 1.82) is 0 Å². The van der Waals surface area contributed by atoms with E-state index < -0.39 is 0 Å². The monoisotopic (exact) mass is 574 g/mol. The summed E-state index contributed by atoms with van der Waals surface area (Å²) in [7, 11) is 2.13. The van der Waals surface area contributed by atoms with Gasteiger partial charge in [0.15, 0.2) is 0 Å². The maximum absolute atomic E-state index is 14.1. The van der Waals surface area contributed by atoms with Crippen LogP contribution >= 0.6 is 0 Å². The van der Waals surface area contributed by atoms with Gasteiger partial charge in [-0.25, -0.2) is 0 Å². The number of rotatable bonds is 13. The topological polar surface area (TPSA) is 39.7 Å². The van der Waals surface area contributed by atoms with Crippen LogP contribution in [0.1, 0.15) is 71.6 Å². The molecule has 5 nitrogen and oxygen atoms in total. The summed E-state index contributed by atoms with van der Waals surface area (Å²) in [5.74, 6) is 0.135. The minimum absolute atomic E-state index is 0.135. The molecule has 1 aliphatic heterocycles. The molecule has 0 radical (unpaired) electrons. The molecule has 224 valence electrons. The summed E-state index contributed by atoms with van der Waals surface area (Å²) >= 11 is 0. The van der Waals surface area contributed by atoms with E-state index in [1.807, 2.05) is 30.6 Å². The van der Waals surface area contributed by atoms with Gasteiger partial charge in [-0.05, 0) is 78.3 Å². The fourth-order valence-electron chi connectivity index (χ4n) is 6.07. The highest BCUT2D eigenvalue weighted by Crippen LogP contribution is 2.25. The molecule has 2 heterocycles. The van der Waals surface area contributed by atoms with Crippen LogP contribution in [-0.4, -0.2) is 46.9 Å². The second-order valence-electron chi connectivity index (χ2n) is 12.0. The van der Waals surface area contributed by atoms with Crippen molar-refractivity contribution in [3.8, 4) is 0 Å². The lowest BCUT2D eigenvalue weighted by atomic mass is 9.99. The molecule has 5 heteroatoms. The average molecular weight is 575 g/mol. The molecule has 1 aliphatic rings. The van der Waals surface area contributed by atoms with Crippen molar-refractivity contribution in [3.05, 3.63) is 131 Å². The van der Waals surface area contributed by atoms with Crippen LogP contribution in [0.2, 0.25) is 0 Å². The van der Waals surface area contributed by atoms with E-state index in [9.17, 15) is 4.79 Å². The molecule has 4 aromatic rings. The van der Waals surface area contributed by atoms with Gasteiger partial charge in [0.1, 0.15) is 0 Å². The largest absolute Gasteiger partial charge is 0.370 e. The molecule has 0 spiro atoms. The van der Waals surface area contributed by atoms with Crippen LogP contribution in [-0.2, 0) is 26.1 Å². The number of hydrogen-bond donors (Lipinski definition) is 0. The van der Waals surface area contributed by atoms with Gasteiger partial charge >= 0.3 is 0 Å². The molecule has 5 rings (SSSR count). The molecule has 0 saturated carbocycles. The molecule has 0 aliphatic carbocycles. The minimum atomic E-state index is 0.135. The van der Waals surface area contributed by atoms with Crippen molar-refractivity contribution in [2.24, 2.45) is 0 Å². The van der Waals surface area contributed by atoms with Gasteiger partial charge in [0.05, 0.1) is 0 Å². The zero-order valence-electron chi connectivity index (χ0n) is 25.9. The Hall–Kier alpha value is -3.96. The molecule has 1 amide bonds. The Kier molecular flexibility index (Phi) is 11.0. The molecule has 1 fully saturated rings. The van der Waals surface area contributed by atoms with Crippen molar-refractivity contribution >= 4 is 11.6 Å². The van der Waals surface area contributed by atoms with Gasteiger partial charge < -0.3 is 9.80 Å². The molecule has 0 N–H and O–H groups in total. The number of amides is 1. The molecule has 1 saturated heterocycles. The minimum Gasteiger partial charge on any atom is -0.370 e. The van der Waals surface area contributed by atoms with Gasteiger partial charge in [-0.1, -0.05) is 80.4 Å². The molecule has 43 heavy (non-hydrogen) atoms. The van der Waals surface area contributed by atoms with Crippen LogP contribution < -0.4 is 4.90 Å². The summed E-state index contributed by atoms with van der Waals surface area (Å²) in [6.45, 7) is 6.57. The Labute approximate surface area is 258 Å². The lowest BCUT2D eigenvalue weighted by Crippen LogP contribution is -2.46. The van der Waals surface area contributed by atoms with Crippen LogP contribution in [0, 0.1) is 0 Å². The van der Waals surface area contributed by atoms with E-state index in [2.05, 4.69) is 106 Å². The predicted molar refractivity (Wildman–Crippen MR) is 177 cm³/mol. The normalized spacial score (nSPS) is 14.0. The standard InChI is InChI=1S/C38H46N4O/c1-3-4-6-10-31-14-18-35(19-15-31)38(43)42(37-22-25-41(26-23-37)29-34-13-9-24-39-27-34)30-33-16-20-36(21-17-33)40(2)28-32-11-7-5-8-12-32/h5,7-9,11-21,24,27,37H,3-4,6,10,22-23,25-26,28-30H2,1-2H3. The zero-order chi connectivity index (χ0) is 29.9. The van der Waals surface area contributed by atoms with Crippen molar-refractivity contribution in [1.82, 2.24) is 14.8 Å². The summed E-state index contributed by atoms with van der Waals surface area (Å²) in [5.41, 5.74) is 6.97. The van der Waals surface area contributed by atoms with Crippen molar-refractivity contribution in [2.75, 3.05) is 25.0 Å². The first-order chi connectivity index (χ1) is 21.1. The second-order valence-corrected chi connectivity index (χ2v) is 12.0. The quantitative estimate of drug-likeness (QED) is 0.153. The number of carbonyl (C=O) groups excluding carboxylic acids is 1. The first kappa shape index (κ1) is 30.5. The zero-order valence-corrected chi connectivity index (χ0v) is 25.9. The lowest BCUT2D eigenvalue weighted by Gasteiger charge is -2.39. The van der Waals surface area contributed by atoms with Gasteiger partial charge in [0.25, 0.3) is 5.91 Å². The van der Waals surface area contributed by atoms with Crippen LogP contribution in [0.5, 0.6) is 0 Å². The third-order valence-electron chi connectivity index (χ3n) is 8.65. The Bertz CT molecular complexity index is 1380. The van der Waals surface area contributed by atoms with E-state index in [1.54, 1.807) is 0 Å². The maximum atomic E-state index is 14.1. The first-order valence-corrected chi connectivity index (χ1v) is 15.9. The van der Waals surface area contributed by atoms with Crippen LogP contribution in [0.15, 0.2) is 103 Å². The smallest absolute Gasteiger partial charge is 0.254 e. The average Bonchev–Trinajstić information content (AvgIpc) is 3.05. The summed E-state index contributed by atoms with van der Waals surface area (Å²) in [6.07, 6.45) is 10.5. The number of aryl methyl sites for hydroxylation is 1. The highest BCUT2D eigenvalue weighted by Gasteiger charge is 2.29. The third-order valence-corrected chi connectivity index (χ3v) is 8.65. The Morgan fingerprint density at radius 2 is 1.47 bits per heavy atom. The van der Waals surface area contributed by atoms with Crippen molar-refractivity contribution < 1.29 is 4.79 Å². The molecule has 0 atom stereocenters. The number of piperidine rings is 1. The molecule has 1 aromatic heterocycles. The van der Waals surface area contributed by atoms with Gasteiger partial charge in [0, 0.05) is 69.5 Å². The highest BCUT2D eigenvalue weighted by atomic mass is 16.2. The predicted octanol–water partition coefficient (Wildman–Crippen LogP) is 7.76. The Morgan fingerprint density at radius 3 is 2.14 bits per heavy atom. The summed E-state index contributed by atoms with van der Waals surface area (Å²) < 4.78 is 0. The number of likely N-dealkylation sites (tertiary alicyclic amines) is 1. The summed E-state index contributed by atoms with van der Waals surface area (Å²) in [4.78, 5) is 25.2. The number of nitrogens with zero attached hydrogens (tertiary/aromatic N) is 4. The highest BCUT2D eigenvalue weighted by molar-refractivity contribution is 5.94. The van der Waals surface area contributed by atoms with E-state index in [-0.39, 0.29) is 11.9 Å². The van der Waals surface area contributed by atoms with Gasteiger partial charge in [-0.2, -0.15) is 0 Å². The van der Waals surface area contributed by atoms with Crippen LogP contribution in [0.25, 0.3) is 0 Å². The molecule has 0 unspecified atom stereocenters. The number of pyridine rings is 1.